The summed E-state index contributed by atoms with van der Waals surface area (Å²) in [5.74, 6) is -1.09. The number of hydrogen-bond donors (Lipinski definition) is 3. The Morgan fingerprint density at radius 2 is 2.31 bits per heavy atom. The maximum absolute atomic E-state index is 10.6. The molecule has 0 saturated carbocycles. The molecule has 0 aliphatic heterocycles. The van der Waals surface area contributed by atoms with Crippen molar-refractivity contribution in [2.45, 2.75) is 6.04 Å². The molecule has 1 aromatic rings. The van der Waals surface area contributed by atoms with Gasteiger partial charge in [-0.3, -0.25) is 10.1 Å². The third kappa shape index (κ3) is 2.89. The Bertz CT molecular complexity index is 391. The van der Waals surface area contributed by atoms with Gasteiger partial charge in [-0.05, 0) is 6.07 Å². The predicted molar refractivity (Wildman–Crippen MR) is 53.0 cm³/mol. The van der Waals surface area contributed by atoms with Crippen molar-refractivity contribution in [2.24, 2.45) is 0 Å². The second-order valence-corrected chi connectivity index (χ2v) is 2.88. The fourth-order valence-corrected chi connectivity index (χ4v) is 0.943. The predicted octanol–water partition coefficient (Wildman–Crippen LogP) is -0.153. The molecule has 1 heterocycles. The highest BCUT2D eigenvalue weighted by atomic mass is 16.6. The molecular formula is C8H9N3O5. The smallest absolute Gasteiger partial charge is 0.328 e. The maximum atomic E-state index is 10.6. The molecule has 3 N–H and O–H groups in total. The Hall–Kier alpha value is -2.22. The van der Waals surface area contributed by atoms with Crippen molar-refractivity contribution in [2.75, 3.05) is 11.9 Å². The zero-order valence-corrected chi connectivity index (χ0v) is 8.03. The lowest BCUT2D eigenvalue weighted by atomic mass is 10.3. The van der Waals surface area contributed by atoms with Crippen molar-refractivity contribution in [3.63, 3.8) is 0 Å². The van der Waals surface area contributed by atoms with Crippen LogP contribution in [0.15, 0.2) is 18.3 Å². The van der Waals surface area contributed by atoms with Gasteiger partial charge in [0, 0.05) is 6.07 Å². The van der Waals surface area contributed by atoms with Crippen molar-refractivity contribution in [3.8, 4) is 0 Å². The lowest BCUT2D eigenvalue weighted by Gasteiger charge is -2.11. The SMILES string of the molecule is O=C(O)C(CO)Nc1ccc([N+](=O)[O-])cn1. The van der Waals surface area contributed by atoms with E-state index in [1.54, 1.807) is 0 Å². The molecule has 0 aliphatic carbocycles. The maximum Gasteiger partial charge on any atom is 0.328 e. The van der Waals surface area contributed by atoms with E-state index < -0.39 is 23.5 Å². The molecule has 1 rings (SSSR count). The fraction of sp³-hybridized carbons (Fsp3) is 0.250. The Morgan fingerprint density at radius 1 is 1.62 bits per heavy atom. The molecule has 16 heavy (non-hydrogen) atoms. The third-order valence-corrected chi connectivity index (χ3v) is 1.76. The molecule has 0 spiro atoms. The number of carbonyl (C=O) groups is 1. The molecule has 0 aliphatic rings. The summed E-state index contributed by atoms with van der Waals surface area (Å²) < 4.78 is 0. The van der Waals surface area contributed by atoms with Crippen LogP contribution >= 0.6 is 0 Å². The van der Waals surface area contributed by atoms with E-state index in [0.717, 1.165) is 6.20 Å². The van der Waals surface area contributed by atoms with E-state index in [0.29, 0.717) is 0 Å². The topological polar surface area (TPSA) is 126 Å². The number of rotatable bonds is 5. The van der Waals surface area contributed by atoms with Gasteiger partial charge in [-0.15, -0.1) is 0 Å². The number of hydrogen-bond acceptors (Lipinski definition) is 6. The van der Waals surface area contributed by atoms with Crippen molar-refractivity contribution in [1.82, 2.24) is 4.98 Å². The molecule has 0 fully saturated rings. The number of aliphatic hydroxyl groups excluding tert-OH is 1. The van der Waals surface area contributed by atoms with Crippen LogP contribution in [0.1, 0.15) is 0 Å². The number of nitrogens with zero attached hydrogens (tertiary/aromatic N) is 2. The largest absolute Gasteiger partial charge is 0.480 e. The zero-order valence-electron chi connectivity index (χ0n) is 8.03. The number of carboxylic acid groups (broad SMARTS) is 1. The van der Waals surface area contributed by atoms with Crippen LogP contribution in [0, 0.1) is 10.1 Å². The van der Waals surface area contributed by atoms with Gasteiger partial charge in [-0.25, -0.2) is 9.78 Å². The van der Waals surface area contributed by atoms with E-state index in [-0.39, 0.29) is 11.5 Å². The van der Waals surface area contributed by atoms with Crippen molar-refractivity contribution in [1.29, 1.82) is 0 Å². The van der Waals surface area contributed by atoms with Gasteiger partial charge in [-0.1, -0.05) is 0 Å². The number of anilines is 1. The van der Waals surface area contributed by atoms with Gasteiger partial charge in [0.05, 0.1) is 11.5 Å². The molecule has 0 saturated heterocycles. The summed E-state index contributed by atoms with van der Waals surface area (Å²) in [6.45, 7) is -0.603. The highest BCUT2D eigenvalue weighted by molar-refractivity contribution is 5.77. The molecule has 0 radical (unpaired) electrons. The molecule has 0 amide bonds. The number of aliphatic carboxylic acids is 1. The molecule has 8 heteroatoms. The molecule has 86 valence electrons. The van der Waals surface area contributed by atoms with E-state index in [2.05, 4.69) is 10.3 Å². The van der Waals surface area contributed by atoms with E-state index in [1.165, 1.54) is 12.1 Å². The summed E-state index contributed by atoms with van der Waals surface area (Å²) in [6.07, 6.45) is 0.999. The standard InChI is InChI=1S/C8H9N3O5/c12-4-6(8(13)14)10-7-2-1-5(3-9-7)11(15)16/h1-3,6,12H,4H2,(H,9,10)(H,13,14). The first-order valence-electron chi connectivity index (χ1n) is 4.25. The minimum absolute atomic E-state index is 0.145. The normalized spacial score (nSPS) is 11.8. The number of aromatic nitrogens is 1. The first kappa shape index (κ1) is 11.9. The summed E-state index contributed by atoms with van der Waals surface area (Å²) in [5, 5.41) is 30.1. The Morgan fingerprint density at radius 3 is 2.69 bits per heavy atom. The molecule has 1 unspecified atom stereocenters. The summed E-state index contributed by atoms with van der Waals surface area (Å²) >= 11 is 0. The Kier molecular flexibility index (Phi) is 3.72. The van der Waals surface area contributed by atoms with Crippen molar-refractivity contribution < 1.29 is 19.9 Å². The minimum atomic E-state index is -1.23. The summed E-state index contributed by atoms with van der Waals surface area (Å²) in [5.41, 5.74) is -0.193. The lowest BCUT2D eigenvalue weighted by Crippen LogP contribution is -2.33. The monoisotopic (exact) mass is 227 g/mol. The molecule has 0 aromatic carbocycles. The third-order valence-electron chi connectivity index (χ3n) is 1.76. The minimum Gasteiger partial charge on any atom is -0.480 e. The summed E-state index contributed by atoms with van der Waals surface area (Å²) in [6, 6.07) is 1.27. The number of aliphatic hydroxyl groups is 1. The second kappa shape index (κ2) is 5.03. The zero-order chi connectivity index (χ0) is 12.1. The molecule has 1 aromatic heterocycles. The summed E-state index contributed by atoms with van der Waals surface area (Å²) in [4.78, 5) is 23.9. The number of nitrogens with one attached hydrogen (secondary N) is 1. The van der Waals surface area contributed by atoms with Gasteiger partial charge < -0.3 is 15.5 Å². The summed E-state index contributed by atoms with van der Waals surface area (Å²) in [7, 11) is 0. The number of nitro groups is 1. The van der Waals surface area contributed by atoms with Gasteiger partial charge >= 0.3 is 5.97 Å². The first-order chi connectivity index (χ1) is 7.54. The van der Waals surface area contributed by atoms with Crippen LogP contribution in [0.5, 0.6) is 0 Å². The highest BCUT2D eigenvalue weighted by Gasteiger charge is 2.16. The Balaban J connectivity index is 2.75. The van der Waals surface area contributed by atoms with Crippen LogP contribution in [-0.4, -0.2) is 38.7 Å². The second-order valence-electron chi connectivity index (χ2n) is 2.88. The quantitative estimate of drug-likeness (QED) is 0.471. The van der Waals surface area contributed by atoms with Crippen LogP contribution in [0.2, 0.25) is 0 Å². The molecule has 8 nitrogen and oxygen atoms in total. The van der Waals surface area contributed by atoms with Gasteiger partial charge in [0.15, 0.2) is 0 Å². The van der Waals surface area contributed by atoms with E-state index in [1.807, 2.05) is 0 Å². The number of carboxylic acids is 1. The van der Waals surface area contributed by atoms with Crippen LogP contribution in [0.25, 0.3) is 0 Å². The van der Waals surface area contributed by atoms with E-state index >= 15 is 0 Å². The number of pyridine rings is 1. The molecule has 0 bridgehead atoms. The highest BCUT2D eigenvalue weighted by Crippen LogP contribution is 2.12. The van der Waals surface area contributed by atoms with Crippen LogP contribution in [0.4, 0.5) is 11.5 Å². The van der Waals surface area contributed by atoms with Crippen LogP contribution < -0.4 is 5.32 Å². The van der Waals surface area contributed by atoms with Crippen LogP contribution in [-0.2, 0) is 4.79 Å². The van der Waals surface area contributed by atoms with E-state index in [4.69, 9.17) is 10.2 Å². The van der Waals surface area contributed by atoms with Crippen molar-refractivity contribution in [3.05, 3.63) is 28.4 Å². The van der Waals surface area contributed by atoms with Crippen LogP contribution in [0.3, 0.4) is 0 Å². The average molecular weight is 227 g/mol. The Labute approximate surface area is 89.7 Å². The molecular weight excluding hydrogens is 218 g/mol. The fourth-order valence-electron chi connectivity index (χ4n) is 0.943. The molecule has 1 atom stereocenters. The van der Waals surface area contributed by atoms with Gasteiger partial charge in [0.1, 0.15) is 18.1 Å². The first-order valence-corrected chi connectivity index (χ1v) is 4.25. The lowest BCUT2D eigenvalue weighted by molar-refractivity contribution is -0.385. The van der Waals surface area contributed by atoms with E-state index in [9.17, 15) is 14.9 Å². The van der Waals surface area contributed by atoms with Gasteiger partial charge in [0.2, 0.25) is 0 Å². The average Bonchev–Trinajstić information content (AvgIpc) is 2.26. The van der Waals surface area contributed by atoms with Gasteiger partial charge in [0.25, 0.3) is 5.69 Å². The van der Waals surface area contributed by atoms with Crippen molar-refractivity contribution >= 4 is 17.5 Å². The van der Waals surface area contributed by atoms with Gasteiger partial charge in [-0.2, -0.15) is 0 Å².